The molecule has 2 aliphatic heterocycles. The van der Waals surface area contributed by atoms with E-state index >= 15 is 0 Å². The van der Waals surface area contributed by atoms with Crippen LogP contribution in [0.1, 0.15) is 88.8 Å². The number of dihydropyridines is 1. The molecule has 0 saturated carbocycles. The highest BCUT2D eigenvalue weighted by molar-refractivity contribution is 7.89. The van der Waals surface area contributed by atoms with Crippen molar-refractivity contribution in [3.05, 3.63) is 223 Å². The van der Waals surface area contributed by atoms with Gasteiger partial charge in [-0.2, -0.15) is 0 Å². The summed E-state index contributed by atoms with van der Waals surface area (Å²) in [4.78, 5) is 59.4. The lowest BCUT2D eigenvalue weighted by Gasteiger charge is -2.31. The number of carboxylic acid groups (broad SMARTS) is 1. The number of para-hydroxylation sites is 3. The van der Waals surface area contributed by atoms with Crippen molar-refractivity contribution in [1.29, 1.82) is 0 Å². The first-order chi connectivity index (χ1) is 43.7. The van der Waals surface area contributed by atoms with Crippen LogP contribution in [0.2, 0.25) is 10.0 Å². The number of carbonyl (C=O) groups is 4. The van der Waals surface area contributed by atoms with Gasteiger partial charge in [-0.3, -0.25) is 15.2 Å². The molecular weight excluding hydrogens is 1220 g/mol. The minimum absolute atomic E-state index is 0.0195. The van der Waals surface area contributed by atoms with Gasteiger partial charge in [-0.25, -0.2) is 37.9 Å². The number of allylic oxidation sites excluding steroid dienone is 1. The van der Waals surface area contributed by atoms with E-state index in [2.05, 4.69) is 71.1 Å². The number of carboxylic acids is 1. The fourth-order valence-electron chi connectivity index (χ4n) is 11.3. The molecule has 0 spiro atoms. The molecule has 19 nitrogen and oxygen atoms in total. The molecule has 9 aromatic rings. The predicted octanol–water partition coefficient (Wildman–Crippen LogP) is 11.6. The van der Waals surface area contributed by atoms with Gasteiger partial charge in [0.2, 0.25) is 10.0 Å². The number of sulfonamides is 1. The second-order valence-electron chi connectivity index (χ2n) is 21.8. The molecule has 91 heavy (non-hydrogen) atoms. The smallest absolute Gasteiger partial charge is 0.336 e. The number of aromatic nitrogens is 4. The van der Waals surface area contributed by atoms with Gasteiger partial charge in [0.25, 0.3) is 5.91 Å². The quantitative estimate of drug-likeness (QED) is 0.0395. The number of primary sulfonamides is 1. The number of anilines is 1. The van der Waals surface area contributed by atoms with Crippen LogP contribution in [-0.2, 0) is 60.3 Å². The summed E-state index contributed by atoms with van der Waals surface area (Å²) >= 11 is 12.3. The summed E-state index contributed by atoms with van der Waals surface area (Å²) in [7, 11) is -0.647. The van der Waals surface area contributed by atoms with E-state index < -0.39 is 39.8 Å². The molecule has 1 amide bonds. The minimum Gasteiger partial charge on any atom is -0.478 e. The van der Waals surface area contributed by atoms with Gasteiger partial charge in [0.15, 0.2) is 0 Å². The number of carbonyl (C=O) groups excluding carboxylic acids is 3. The van der Waals surface area contributed by atoms with Crippen molar-refractivity contribution in [2.24, 2.45) is 17.9 Å². The molecule has 472 valence electrons. The number of aryl methyl sites for hydroxylation is 3. The monoisotopic (exact) mass is 1290 g/mol. The molecule has 2 aromatic heterocycles. The molecule has 22 heteroatoms. The zero-order chi connectivity index (χ0) is 65.3. The number of hydrogen-bond donors (Lipinski definition) is 5. The average Bonchev–Trinajstić information content (AvgIpc) is 1.66. The van der Waals surface area contributed by atoms with Crippen molar-refractivity contribution < 1.29 is 46.9 Å². The second kappa shape index (κ2) is 29.2. The Morgan fingerprint density at radius 1 is 0.802 bits per heavy atom. The largest absolute Gasteiger partial charge is 0.478 e. The number of nitrogens with one attached hydrogen (secondary N) is 2. The van der Waals surface area contributed by atoms with Gasteiger partial charge in [-0.15, -0.1) is 0 Å². The summed E-state index contributed by atoms with van der Waals surface area (Å²) in [6.07, 6.45) is 2.71. The van der Waals surface area contributed by atoms with Gasteiger partial charge in [-0.05, 0) is 135 Å². The molecule has 2 aliphatic rings. The summed E-state index contributed by atoms with van der Waals surface area (Å²) < 4.78 is 43.3. The van der Waals surface area contributed by atoms with Crippen LogP contribution in [0.4, 0.5) is 5.69 Å². The number of esters is 2. The van der Waals surface area contributed by atoms with E-state index in [0.29, 0.717) is 52.8 Å². The molecule has 7 N–H and O–H groups in total. The number of fused-ring (bicyclic) bond motifs is 3. The van der Waals surface area contributed by atoms with Gasteiger partial charge < -0.3 is 39.5 Å². The Morgan fingerprint density at radius 2 is 1.51 bits per heavy atom. The third kappa shape index (κ3) is 14.7. The molecule has 4 heterocycles. The highest BCUT2D eigenvalue weighted by Gasteiger charge is 2.40. The molecule has 2 atom stereocenters. The van der Waals surface area contributed by atoms with E-state index in [1.807, 2.05) is 73.7 Å². The number of nitrogens with two attached hydrogens (primary N) is 2. The van der Waals surface area contributed by atoms with E-state index in [0.717, 1.165) is 92.0 Å². The van der Waals surface area contributed by atoms with Crippen LogP contribution in [0.3, 0.4) is 0 Å². The van der Waals surface area contributed by atoms with E-state index in [4.69, 9.17) is 58.3 Å². The van der Waals surface area contributed by atoms with Crippen molar-refractivity contribution in [2.75, 3.05) is 38.5 Å². The maximum atomic E-state index is 12.9. The fraction of sp³-hybridized carbons (Fsp3) is 0.246. The van der Waals surface area contributed by atoms with Gasteiger partial charge >= 0.3 is 17.9 Å². The summed E-state index contributed by atoms with van der Waals surface area (Å²) in [5.74, 6) is -1.21. The molecule has 0 aliphatic carbocycles. The minimum atomic E-state index is -4.00. The third-order valence-electron chi connectivity index (χ3n) is 15.6. The number of methoxy groups -OCH3 is 1. The standard InChI is InChI=1S/C33H30N4O2.C20H25ClN2O5.C16H16ClN3O3S/c1-4-9-30-35-31-21(2)18-24(32-34-27-12-7-8-13-28(27)36(32)3)19-29(31)37(30)20-22-14-16-23(17-15-22)25-10-5-6-11-26(25)33(38)39;1-4-28-20(25)18-15(11-27-10-9-22)23-12(2)16(19(24)26-3)17(18)13-7-5-6-8-14(13)21;1-10-8-11-4-2-3-5-14(11)20(10)19-16(21)12-6-7-13(17)15(9-12)24(18,22)23/h5-8,10-19H,4,9,20H2,1-3H3,(H,38,39);5-8,17,23H,4,9-11,22H2,1-3H3;2-7,9-10H,8H2,1H3,(H,19,21)(H2,18,22,23). The number of amides is 1. The molecule has 11 rings (SSSR count). The van der Waals surface area contributed by atoms with Crippen molar-refractivity contribution in [2.45, 2.75) is 77.3 Å². The molecule has 0 radical (unpaired) electrons. The van der Waals surface area contributed by atoms with Crippen LogP contribution in [-0.4, -0.2) is 96.0 Å². The normalized spacial score (nSPS) is 14.5. The molecule has 2 unspecified atom stereocenters. The number of benzene rings is 7. The topological polar surface area (TPSA) is 265 Å². The van der Waals surface area contributed by atoms with Crippen molar-refractivity contribution in [3.63, 3.8) is 0 Å². The van der Waals surface area contributed by atoms with E-state index in [1.165, 1.54) is 25.3 Å². The highest BCUT2D eigenvalue weighted by atomic mass is 35.5. The molecule has 0 saturated heterocycles. The van der Waals surface area contributed by atoms with Crippen LogP contribution < -0.4 is 26.6 Å². The number of imidazole rings is 2. The Kier molecular flexibility index (Phi) is 21.3. The van der Waals surface area contributed by atoms with Crippen LogP contribution in [0.25, 0.3) is 44.6 Å². The van der Waals surface area contributed by atoms with Crippen molar-refractivity contribution in [3.8, 4) is 22.5 Å². The lowest BCUT2D eigenvalue weighted by atomic mass is 9.80. The Hall–Kier alpha value is -9.15. The predicted molar refractivity (Wildman–Crippen MR) is 354 cm³/mol. The summed E-state index contributed by atoms with van der Waals surface area (Å²) in [5, 5.41) is 20.0. The number of halogens is 2. The first-order valence-corrected chi connectivity index (χ1v) is 31.8. The summed E-state index contributed by atoms with van der Waals surface area (Å²) in [5.41, 5.74) is 22.2. The van der Waals surface area contributed by atoms with Gasteiger partial charge in [0, 0.05) is 48.4 Å². The average molecular weight is 1290 g/mol. The Labute approximate surface area is 538 Å². The second-order valence-corrected chi connectivity index (χ2v) is 24.1. The Morgan fingerprint density at radius 3 is 2.20 bits per heavy atom. The number of aromatic carboxylic acids is 1. The maximum Gasteiger partial charge on any atom is 0.336 e. The molecule has 0 bridgehead atoms. The molecule has 0 fully saturated rings. The van der Waals surface area contributed by atoms with Crippen LogP contribution in [0.15, 0.2) is 179 Å². The lowest BCUT2D eigenvalue weighted by molar-refractivity contribution is -0.139. The third-order valence-corrected chi connectivity index (χ3v) is 17.3. The van der Waals surface area contributed by atoms with E-state index in [-0.39, 0.29) is 40.3 Å². The van der Waals surface area contributed by atoms with Gasteiger partial charge in [0.1, 0.15) is 16.5 Å². The number of rotatable bonds is 18. The van der Waals surface area contributed by atoms with E-state index in [1.54, 1.807) is 55.3 Å². The lowest BCUT2D eigenvalue weighted by Crippen LogP contribution is -2.45. The number of nitrogens with zero attached hydrogens (tertiary/aromatic N) is 5. The zero-order valence-electron chi connectivity index (χ0n) is 51.4. The summed E-state index contributed by atoms with van der Waals surface area (Å²) in [6, 6.07) is 46.8. The highest BCUT2D eigenvalue weighted by Crippen LogP contribution is 2.42. The van der Waals surface area contributed by atoms with Crippen LogP contribution in [0, 0.1) is 6.92 Å². The Balaban J connectivity index is 0.000000168. The van der Waals surface area contributed by atoms with Crippen LogP contribution >= 0.6 is 23.2 Å². The SMILES string of the molecule is CC1Cc2ccccc2N1NC(=O)c1ccc(Cl)c(S(N)(=O)=O)c1.CCCc1nc2c(C)cc(-c3nc4ccccc4n3C)cc2n1Cc1ccc(-c2ccccc2C(=O)O)cc1.CCOC(=O)C1=C(COCCN)NC(C)=C(C(=O)OC)C1c1ccccc1Cl. The fourth-order valence-corrected chi connectivity index (χ4v) is 12.7. The van der Waals surface area contributed by atoms with Gasteiger partial charge in [-0.1, -0.05) is 121 Å². The molecular formula is C69H71Cl2N9O10S. The van der Waals surface area contributed by atoms with E-state index in [9.17, 15) is 32.7 Å². The van der Waals surface area contributed by atoms with Crippen LogP contribution in [0.5, 0.6) is 0 Å². The number of hydrazine groups is 1. The zero-order valence-corrected chi connectivity index (χ0v) is 53.8. The number of ether oxygens (including phenoxy) is 3. The van der Waals surface area contributed by atoms with Crippen molar-refractivity contribution in [1.82, 2.24) is 29.8 Å². The summed E-state index contributed by atoms with van der Waals surface area (Å²) in [6.45, 7) is 11.4. The Bertz CT molecular complexity index is 4410. The number of hydrogen-bond acceptors (Lipinski definition) is 14. The van der Waals surface area contributed by atoms with Gasteiger partial charge in [0.05, 0.1) is 94.1 Å². The first kappa shape index (κ1) is 66.3. The maximum absolute atomic E-state index is 12.9. The molecule has 7 aromatic carbocycles. The van der Waals surface area contributed by atoms with Crippen molar-refractivity contribution >= 4 is 84.8 Å². The first-order valence-electron chi connectivity index (χ1n) is 29.5.